The van der Waals surface area contributed by atoms with Crippen molar-refractivity contribution in [3.8, 4) is 0 Å². The van der Waals surface area contributed by atoms with Crippen LogP contribution in [0.2, 0.25) is 0 Å². The second-order valence-electron chi connectivity index (χ2n) is 5.03. The highest BCUT2D eigenvalue weighted by Crippen LogP contribution is 2.12. The number of hydrogen-bond acceptors (Lipinski definition) is 4. The molecule has 2 N–H and O–H groups in total. The van der Waals surface area contributed by atoms with Crippen LogP contribution in [-0.2, 0) is 22.7 Å². The molecule has 2 rings (SSSR count). The van der Waals surface area contributed by atoms with Gasteiger partial charge >= 0.3 is 0 Å². The van der Waals surface area contributed by atoms with Crippen molar-refractivity contribution in [3.05, 3.63) is 35.7 Å². The van der Waals surface area contributed by atoms with Gasteiger partial charge in [-0.25, -0.2) is 4.98 Å². The normalized spacial score (nSPS) is 12.3. The SMILES string of the molecule is COCc1cc(CNC(=O)CC(C)n2ccnc2C)[nH]n1. The van der Waals surface area contributed by atoms with Crippen molar-refractivity contribution in [2.45, 2.75) is 39.5 Å². The number of aromatic amines is 1. The molecule has 1 unspecified atom stereocenters. The third-order valence-corrected chi connectivity index (χ3v) is 3.27. The minimum absolute atomic E-state index is 0.00140. The minimum Gasteiger partial charge on any atom is -0.378 e. The Balaban J connectivity index is 1.80. The Kier molecular flexibility index (Phi) is 5.10. The van der Waals surface area contributed by atoms with Gasteiger partial charge in [-0.1, -0.05) is 0 Å². The van der Waals surface area contributed by atoms with Crippen molar-refractivity contribution in [2.24, 2.45) is 0 Å². The maximum absolute atomic E-state index is 12.0. The van der Waals surface area contributed by atoms with Crippen molar-refractivity contribution < 1.29 is 9.53 Å². The predicted octanol–water partition coefficient (Wildman–Crippen LogP) is 1.33. The van der Waals surface area contributed by atoms with E-state index in [1.165, 1.54) is 0 Å². The molecule has 2 aromatic heterocycles. The first-order valence-corrected chi connectivity index (χ1v) is 6.88. The van der Waals surface area contributed by atoms with Gasteiger partial charge in [0.25, 0.3) is 0 Å². The molecule has 2 heterocycles. The van der Waals surface area contributed by atoms with Crippen LogP contribution >= 0.6 is 0 Å². The van der Waals surface area contributed by atoms with Crippen LogP contribution in [0.5, 0.6) is 0 Å². The summed E-state index contributed by atoms with van der Waals surface area (Å²) in [5.41, 5.74) is 1.69. The van der Waals surface area contributed by atoms with E-state index >= 15 is 0 Å². The average Bonchev–Trinajstić information content (AvgIpc) is 3.06. The molecule has 7 nitrogen and oxygen atoms in total. The summed E-state index contributed by atoms with van der Waals surface area (Å²) in [5, 5.41) is 9.84. The summed E-state index contributed by atoms with van der Waals surface area (Å²) in [7, 11) is 1.62. The van der Waals surface area contributed by atoms with Gasteiger partial charge in [-0.15, -0.1) is 0 Å². The Labute approximate surface area is 123 Å². The first-order valence-electron chi connectivity index (χ1n) is 6.88. The molecule has 1 atom stereocenters. The highest BCUT2D eigenvalue weighted by atomic mass is 16.5. The largest absolute Gasteiger partial charge is 0.378 e. The number of H-pyrrole nitrogens is 1. The molecule has 21 heavy (non-hydrogen) atoms. The van der Waals surface area contributed by atoms with E-state index in [-0.39, 0.29) is 11.9 Å². The van der Waals surface area contributed by atoms with E-state index in [4.69, 9.17) is 4.74 Å². The monoisotopic (exact) mass is 291 g/mol. The number of nitrogens with one attached hydrogen (secondary N) is 2. The zero-order valence-electron chi connectivity index (χ0n) is 12.6. The van der Waals surface area contributed by atoms with Gasteiger partial charge in [0.1, 0.15) is 5.82 Å². The van der Waals surface area contributed by atoms with E-state index in [2.05, 4.69) is 20.5 Å². The van der Waals surface area contributed by atoms with Crippen molar-refractivity contribution in [3.63, 3.8) is 0 Å². The number of carbonyl (C=O) groups is 1. The molecule has 0 bridgehead atoms. The molecule has 0 aliphatic heterocycles. The standard InChI is InChI=1S/C14H21N5O2/c1-10(19-5-4-15-11(19)2)6-14(20)16-8-12-7-13(9-21-3)18-17-12/h4-5,7,10H,6,8-9H2,1-3H3,(H,16,20)(H,17,18). The van der Waals surface area contributed by atoms with Gasteiger partial charge in [0, 0.05) is 32.0 Å². The number of rotatable bonds is 7. The Hall–Kier alpha value is -2.15. The van der Waals surface area contributed by atoms with Crippen LogP contribution in [0.3, 0.4) is 0 Å². The van der Waals surface area contributed by atoms with Gasteiger partial charge in [-0.2, -0.15) is 5.10 Å². The van der Waals surface area contributed by atoms with Gasteiger partial charge < -0.3 is 14.6 Å². The molecule has 0 fully saturated rings. The number of amides is 1. The molecule has 0 saturated carbocycles. The number of methoxy groups -OCH3 is 1. The molecule has 0 aromatic carbocycles. The summed E-state index contributed by atoms with van der Waals surface area (Å²) in [6.45, 7) is 4.82. The third kappa shape index (κ3) is 4.16. The first-order chi connectivity index (χ1) is 10.1. The van der Waals surface area contributed by atoms with Crippen molar-refractivity contribution in [1.82, 2.24) is 25.1 Å². The van der Waals surface area contributed by atoms with Gasteiger partial charge in [-0.05, 0) is 19.9 Å². The van der Waals surface area contributed by atoms with Crippen LogP contribution in [0.15, 0.2) is 18.5 Å². The van der Waals surface area contributed by atoms with E-state index in [9.17, 15) is 4.79 Å². The molecular formula is C14H21N5O2. The Bertz CT molecular complexity index is 590. The summed E-state index contributed by atoms with van der Waals surface area (Å²) in [6, 6.07) is 1.96. The summed E-state index contributed by atoms with van der Waals surface area (Å²) in [5.74, 6) is 0.909. The predicted molar refractivity (Wildman–Crippen MR) is 77.4 cm³/mol. The molecule has 1 amide bonds. The highest BCUT2D eigenvalue weighted by molar-refractivity contribution is 5.76. The van der Waals surface area contributed by atoms with E-state index in [0.29, 0.717) is 19.6 Å². The Morgan fingerprint density at radius 3 is 3.05 bits per heavy atom. The van der Waals surface area contributed by atoms with E-state index in [0.717, 1.165) is 17.2 Å². The summed E-state index contributed by atoms with van der Waals surface area (Å²) in [6.07, 6.45) is 4.04. The molecule has 0 spiro atoms. The zero-order chi connectivity index (χ0) is 15.2. The molecule has 0 saturated heterocycles. The highest BCUT2D eigenvalue weighted by Gasteiger charge is 2.12. The lowest BCUT2D eigenvalue weighted by molar-refractivity contribution is -0.121. The molecule has 0 aliphatic carbocycles. The van der Waals surface area contributed by atoms with Gasteiger partial charge in [0.2, 0.25) is 5.91 Å². The number of aryl methyl sites for hydroxylation is 1. The molecule has 114 valence electrons. The van der Waals surface area contributed by atoms with Crippen LogP contribution in [-0.4, -0.2) is 32.8 Å². The average molecular weight is 291 g/mol. The number of nitrogens with zero attached hydrogens (tertiary/aromatic N) is 3. The fourth-order valence-electron chi connectivity index (χ4n) is 2.21. The van der Waals surface area contributed by atoms with Crippen LogP contribution in [0.25, 0.3) is 0 Å². The second-order valence-corrected chi connectivity index (χ2v) is 5.03. The summed E-state index contributed by atoms with van der Waals surface area (Å²) < 4.78 is 6.99. The fourth-order valence-corrected chi connectivity index (χ4v) is 2.21. The molecule has 7 heteroatoms. The zero-order valence-corrected chi connectivity index (χ0v) is 12.6. The van der Waals surface area contributed by atoms with Crippen LogP contribution in [0.4, 0.5) is 0 Å². The molecular weight excluding hydrogens is 270 g/mol. The number of aromatic nitrogens is 4. The molecule has 0 aliphatic rings. The van der Waals surface area contributed by atoms with E-state index in [1.54, 1.807) is 13.3 Å². The van der Waals surface area contributed by atoms with Gasteiger partial charge in [0.15, 0.2) is 0 Å². The molecule has 0 radical (unpaired) electrons. The lowest BCUT2D eigenvalue weighted by Crippen LogP contribution is -2.25. The maximum atomic E-state index is 12.0. The van der Waals surface area contributed by atoms with Crippen molar-refractivity contribution in [2.75, 3.05) is 7.11 Å². The number of imidazole rings is 1. The topological polar surface area (TPSA) is 84.8 Å². The fraction of sp³-hybridized carbons (Fsp3) is 0.500. The van der Waals surface area contributed by atoms with E-state index in [1.807, 2.05) is 30.7 Å². The smallest absolute Gasteiger partial charge is 0.222 e. The Morgan fingerprint density at radius 1 is 1.57 bits per heavy atom. The Morgan fingerprint density at radius 2 is 2.38 bits per heavy atom. The van der Waals surface area contributed by atoms with Gasteiger partial charge in [0.05, 0.1) is 24.5 Å². The van der Waals surface area contributed by atoms with Crippen LogP contribution < -0.4 is 5.32 Å². The van der Waals surface area contributed by atoms with Crippen LogP contribution in [0, 0.1) is 6.92 Å². The summed E-state index contributed by atoms with van der Waals surface area (Å²) in [4.78, 5) is 16.1. The minimum atomic E-state index is -0.00140. The maximum Gasteiger partial charge on any atom is 0.222 e. The lowest BCUT2D eigenvalue weighted by atomic mass is 10.2. The lowest BCUT2D eigenvalue weighted by Gasteiger charge is -2.14. The van der Waals surface area contributed by atoms with Gasteiger partial charge in [-0.3, -0.25) is 9.89 Å². The van der Waals surface area contributed by atoms with E-state index < -0.39 is 0 Å². The first kappa shape index (κ1) is 15.2. The summed E-state index contributed by atoms with van der Waals surface area (Å²) >= 11 is 0. The quantitative estimate of drug-likeness (QED) is 0.806. The van der Waals surface area contributed by atoms with Crippen molar-refractivity contribution >= 4 is 5.91 Å². The second kappa shape index (κ2) is 7.03. The van der Waals surface area contributed by atoms with Crippen LogP contribution in [0.1, 0.15) is 36.6 Å². The number of hydrogen-bond donors (Lipinski definition) is 2. The van der Waals surface area contributed by atoms with Crippen molar-refractivity contribution in [1.29, 1.82) is 0 Å². The number of ether oxygens (including phenoxy) is 1. The molecule has 2 aromatic rings. The third-order valence-electron chi connectivity index (χ3n) is 3.27. The number of carbonyl (C=O) groups excluding carboxylic acids is 1.